The van der Waals surface area contributed by atoms with Crippen LogP contribution in [0.25, 0.3) is 0 Å². The largest absolute Gasteiger partial charge is 0.497 e. The number of hydrogen-bond acceptors (Lipinski definition) is 3. The van der Waals surface area contributed by atoms with Gasteiger partial charge in [-0.1, -0.05) is 6.07 Å². The van der Waals surface area contributed by atoms with Gasteiger partial charge < -0.3 is 10.1 Å². The van der Waals surface area contributed by atoms with Crippen LogP contribution in [0.2, 0.25) is 0 Å². The van der Waals surface area contributed by atoms with Crippen molar-refractivity contribution in [1.29, 1.82) is 0 Å². The van der Waals surface area contributed by atoms with Crippen LogP contribution < -0.4 is 10.1 Å². The maximum atomic E-state index is 12.1. The lowest BCUT2D eigenvalue weighted by molar-refractivity contribution is 0.102. The third-order valence-corrected chi connectivity index (χ3v) is 2.67. The standard InChI is InChI=1S/C15H16N2O2/c1-10-7-11(2)16-14(8-10)17-15(18)12-5-4-6-13(9-12)19-3/h4-9H,1-3H3,(H,16,17,18). The van der Waals surface area contributed by atoms with Gasteiger partial charge in [-0.05, 0) is 49.7 Å². The Morgan fingerprint density at radius 1 is 1.21 bits per heavy atom. The zero-order chi connectivity index (χ0) is 13.8. The zero-order valence-electron chi connectivity index (χ0n) is 11.2. The molecule has 4 nitrogen and oxygen atoms in total. The summed E-state index contributed by atoms with van der Waals surface area (Å²) in [5, 5.41) is 2.79. The summed E-state index contributed by atoms with van der Waals surface area (Å²) in [4.78, 5) is 16.4. The van der Waals surface area contributed by atoms with Crippen molar-refractivity contribution < 1.29 is 9.53 Å². The van der Waals surface area contributed by atoms with E-state index in [0.717, 1.165) is 11.3 Å². The molecule has 1 amide bonds. The van der Waals surface area contributed by atoms with Gasteiger partial charge in [0.05, 0.1) is 7.11 Å². The van der Waals surface area contributed by atoms with E-state index in [-0.39, 0.29) is 5.91 Å². The summed E-state index contributed by atoms with van der Waals surface area (Å²) >= 11 is 0. The van der Waals surface area contributed by atoms with Crippen LogP contribution in [0.3, 0.4) is 0 Å². The number of aromatic nitrogens is 1. The molecule has 1 heterocycles. The molecule has 0 saturated carbocycles. The van der Waals surface area contributed by atoms with Crippen molar-refractivity contribution in [2.24, 2.45) is 0 Å². The van der Waals surface area contributed by atoms with Crippen LogP contribution >= 0.6 is 0 Å². The van der Waals surface area contributed by atoms with Crippen molar-refractivity contribution in [3.8, 4) is 5.75 Å². The van der Waals surface area contributed by atoms with E-state index in [4.69, 9.17) is 4.74 Å². The van der Waals surface area contributed by atoms with Crippen LogP contribution in [0.4, 0.5) is 5.82 Å². The molecule has 1 aromatic carbocycles. The number of aryl methyl sites for hydroxylation is 2. The van der Waals surface area contributed by atoms with Crippen LogP contribution in [0.1, 0.15) is 21.6 Å². The lowest BCUT2D eigenvalue weighted by atomic mass is 10.2. The number of benzene rings is 1. The van der Waals surface area contributed by atoms with Crippen molar-refractivity contribution in [2.45, 2.75) is 13.8 Å². The Labute approximate surface area is 112 Å². The number of anilines is 1. The van der Waals surface area contributed by atoms with Gasteiger partial charge in [0.15, 0.2) is 0 Å². The van der Waals surface area contributed by atoms with E-state index in [1.54, 1.807) is 31.4 Å². The molecule has 0 saturated heterocycles. The Morgan fingerprint density at radius 3 is 2.68 bits per heavy atom. The quantitative estimate of drug-likeness (QED) is 0.918. The first-order chi connectivity index (χ1) is 9.08. The summed E-state index contributed by atoms with van der Waals surface area (Å²) in [6.07, 6.45) is 0. The minimum atomic E-state index is -0.198. The van der Waals surface area contributed by atoms with Gasteiger partial charge in [-0.15, -0.1) is 0 Å². The van der Waals surface area contributed by atoms with Crippen LogP contribution in [-0.2, 0) is 0 Å². The fourth-order valence-electron chi connectivity index (χ4n) is 1.86. The normalized spacial score (nSPS) is 10.1. The van der Waals surface area contributed by atoms with Crippen molar-refractivity contribution in [1.82, 2.24) is 4.98 Å². The molecule has 2 aromatic rings. The second kappa shape index (κ2) is 5.52. The van der Waals surface area contributed by atoms with Crippen molar-refractivity contribution in [3.05, 3.63) is 53.2 Å². The number of amides is 1. The van der Waals surface area contributed by atoms with Crippen LogP contribution in [-0.4, -0.2) is 18.0 Å². The predicted molar refractivity (Wildman–Crippen MR) is 74.7 cm³/mol. The molecule has 0 radical (unpaired) electrons. The average molecular weight is 256 g/mol. The third kappa shape index (κ3) is 3.31. The third-order valence-electron chi connectivity index (χ3n) is 2.67. The molecule has 0 aliphatic rings. The maximum Gasteiger partial charge on any atom is 0.256 e. The highest BCUT2D eigenvalue weighted by molar-refractivity contribution is 6.04. The topological polar surface area (TPSA) is 51.2 Å². The Balaban J connectivity index is 2.20. The number of rotatable bonds is 3. The first-order valence-corrected chi connectivity index (χ1v) is 5.99. The number of hydrogen-bond donors (Lipinski definition) is 1. The van der Waals surface area contributed by atoms with Gasteiger partial charge in [0.25, 0.3) is 5.91 Å². The van der Waals surface area contributed by atoms with Crippen molar-refractivity contribution in [3.63, 3.8) is 0 Å². The molecule has 0 aliphatic carbocycles. The Morgan fingerprint density at radius 2 is 2.00 bits per heavy atom. The van der Waals surface area contributed by atoms with Crippen molar-refractivity contribution in [2.75, 3.05) is 12.4 Å². The van der Waals surface area contributed by atoms with E-state index in [0.29, 0.717) is 17.1 Å². The molecule has 19 heavy (non-hydrogen) atoms. The molecule has 4 heteroatoms. The summed E-state index contributed by atoms with van der Waals surface area (Å²) < 4.78 is 5.10. The molecule has 0 aliphatic heterocycles. The second-order valence-electron chi connectivity index (χ2n) is 4.36. The lowest BCUT2D eigenvalue weighted by Crippen LogP contribution is -2.13. The number of nitrogens with one attached hydrogen (secondary N) is 1. The second-order valence-corrected chi connectivity index (χ2v) is 4.36. The summed E-state index contributed by atoms with van der Waals surface area (Å²) in [6, 6.07) is 10.8. The molecular formula is C15H16N2O2. The van der Waals surface area contributed by atoms with Gasteiger partial charge in [-0.3, -0.25) is 4.79 Å². The van der Waals surface area contributed by atoms with Crippen LogP contribution in [0.5, 0.6) is 5.75 Å². The predicted octanol–water partition coefficient (Wildman–Crippen LogP) is 2.96. The Bertz CT molecular complexity index is 589. The zero-order valence-corrected chi connectivity index (χ0v) is 11.2. The maximum absolute atomic E-state index is 12.1. The molecule has 0 unspecified atom stereocenters. The molecule has 0 atom stereocenters. The summed E-state index contributed by atoms with van der Waals surface area (Å²) in [7, 11) is 1.57. The highest BCUT2D eigenvalue weighted by atomic mass is 16.5. The van der Waals surface area contributed by atoms with Gasteiger partial charge in [0, 0.05) is 11.3 Å². The van der Waals surface area contributed by atoms with Crippen LogP contribution in [0, 0.1) is 13.8 Å². The number of carbonyl (C=O) groups is 1. The van der Waals surface area contributed by atoms with Gasteiger partial charge in [0.2, 0.25) is 0 Å². The highest BCUT2D eigenvalue weighted by Gasteiger charge is 2.08. The number of nitrogens with zero attached hydrogens (tertiary/aromatic N) is 1. The average Bonchev–Trinajstić information content (AvgIpc) is 2.37. The molecule has 2 rings (SSSR count). The van der Waals surface area contributed by atoms with Gasteiger partial charge in [0.1, 0.15) is 11.6 Å². The van der Waals surface area contributed by atoms with E-state index in [9.17, 15) is 4.79 Å². The number of methoxy groups -OCH3 is 1. The minimum Gasteiger partial charge on any atom is -0.497 e. The number of pyridine rings is 1. The first-order valence-electron chi connectivity index (χ1n) is 5.99. The summed E-state index contributed by atoms with van der Waals surface area (Å²) in [5.74, 6) is 1.02. The molecule has 1 N–H and O–H groups in total. The molecular weight excluding hydrogens is 240 g/mol. The van der Waals surface area contributed by atoms with Gasteiger partial charge >= 0.3 is 0 Å². The molecule has 0 fully saturated rings. The van der Waals surface area contributed by atoms with Crippen molar-refractivity contribution >= 4 is 11.7 Å². The molecule has 0 spiro atoms. The number of ether oxygens (including phenoxy) is 1. The first kappa shape index (κ1) is 13.1. The van der Waals surface area contributed by atoms with Gasteiger partial charge in [-0.2, -0.15) is 0 Å². The smallest absolute Gasteiger partial charge is 0.256 e. The Kier molecular flexibility index (Phi) is 3.80. The molecule has 98 valence electrons. The molecule has 1 aromatic heterocycles. The SMILES string of the molecule is COc1cccc(C(=O)Nc2cc(C)cc(C)n2)c1. The molecule has 0 bridgehead atoms. The minimum absolute atomic E-state index is 0.198. The van der Waals surface area contributed by atoms with E-state index >= 15 is 0 Å². The number of carbonyl (C=O) groups excluding carboxylic acids is 1. The highest BCUT2D eigenvalue weighted by Crippen LogP contribution is 2.15. The van der Waals surface area contributed by atoms with Crippen LogP contribution in [0.15, 0.2) is 36.4 Å². The van der Waals surface area contributed by atoms with E-state index in [1.807, 2.05) is 26.0 Å². The lowest BCUT2D eigenvalue weighted by Gasteiger charge is -2.07. The van der Waals surface area contributed by atoms with E-state index in [1.165, 1.54) is 0 Å². The summed E-state index contributed by atoms with van der Waals surface area (Å²) in [5.41, 5.74) is 2.48. The fraction of sp³-hybridized carbons (Fsp3) is 0.200. The Hall–Kier alpha value is -2.36. The van der Waals surface area contributed by atoms with E-state index < -0.39 is 0 Å². The van der Waals surface area contributed by atoms with E-state index in [2.05, 4.69) is 10.3 Å². The van der Waals surface area contributed by atoms with Gasteiger partial charge in [-0.25, -0.2) is 4.98 Å². The fourth-order valence-corrected chi connectivity index (χ4v) is 1.86. The monoisotopic (exact) mass is 256 g/mol. The summed E-state index contributed by atoms with van der Waals surface area (Å²) in [6.45, 7) is 3.87.